The van der Waals surface area contributed by atoms with Crippen molar-refractivity contribution in [1.82, 2.24) is 5.32 Å². The zero-order chi connectivity index (χ0) is 20.0. The van der Waals surface area contributed by atoms with E-state index < -0.39 is 29.7 Å². The van der Waals surface area contributed by atoms with E-state index in [4.69, 9.17) is 4.74 Å². The van der Waals surface area contributed by atoms with Crippen LogP contribution in [0.3, 0.4) is 0 Å². The molecule has 1 unspecified atom stereocenters. The van der Waals surface area contributed by atoms with Crippen molar-refractivity contribution < 1.29 is 27.5 Å². The smallest absolute Gasteiger partial charge is 0.416 e. The van der Waals surface area contributed by atoms with E-state index in [0.29, 0.717) is 16.7 Å². The number of ether oxygens (including phenoxy) is 1. The van der Waals surface area contributed by atoms with Crippen LogP contribution in [-0.2, 0) is 20.5 Å². The maximum atomic E-state index is 12.6. The lowest BCUT2D eigenvalue weighted by atomic mass is 10.0. The van der Waals surface area contributed by atoms with Gasteiger partial charge in [0.25, 0.3) is 0 Å². The Labute approximate surface area is 154 Å². The Hall–Kier alpha value is -3.09. The second kappa shape index (κ2) is 8.53. The molecule has 0 aliphatic rings. The van der Waals surface area contributed by atoms with Crippen molar-refractivity contribution in [3.63, 3.8) is 0 Å². The number of carbonyl (C=O) groups excluding carboxylic acids is 2. The van der Waals surface area contributed by atoms with E-state index in [1.165, 1.54) is 25.3 Å². The second-order valence-corrected chi connectivity index (χ2v) is 5.78. The predicted molar refractivity (Wildman–Crippen MR) is 94.4 cm³/mol. The molecule has 7 heteroatoms. The standard InChI is InChI=1S/C20H18F3NO3/c1-13(14-8-10-16(11-9-14)20(21,22)23)12-17(25)24-18(19(26)27-2)15-6-4-3-5-7-15/h3-12,18H,1-2H3,(H,24,25)/b13-12-. The van der Waals surface area contributed by atoms with Gasteiger partial charge in [0.15, 0.2) is 6.04 Å². The van der Waals surface area contributed by atoms with Gasteiger partial charge in [-0.3, -0.25) is 4.79 Å². The van der Waals surface area contributed by atoms with Crippen molar-refractivity contribution >= 4 is 17.4 Å². The van der Waals surface area contributed by atoms with Crippen LogP contribution >= 0.6 is 0 Å². The summed E-state index contributed by atoms with van der Waals surface area (Å²) in [5.41, 5.74) is 0.710. The number of nitrogens with one attached hydrogen (secondary N) is 1. The Kier molecular flexibility index (Phi) is 6.39. The molecule has 0 fully saturated rings. The third kappa shape index (κ3) is 5.44. The molecular weight excluding hydrogens is 359 g/mol. The van der Waals surface area contributed by atoms with E-state index in [-0.39, 0.29) is 0 Å². The number of rotatable bonds is 5. The van der Waals surface area contributed by atoms with Gasteiger partial charge in [0, 0.05) is 6.08 Å². The highest BCUT2D eigenvalue weighted by molar-refractivity contribution is 5.97. The summed E-state index contributed by atoms with van der Waals surface area (Å²) >= 11 is 0. The van der Waals surface area contributed by atoms with Crippen LogP contribution in [0.15, 0.2) is 60.7 Å². The summed E-state index contributed by atoms with van der Waals surface area (Å²) in [4.78, 5) is 24.3. The van der Waals surface area contributed by atoms with E-state index in [0.717, 1.165) is 12.1 Å². The molecule has 27 heavy (non-hydrogen) atoms. The molecule has 1 atom stereocenters. The number of alkyl halides is 3. The molecule has 4 nitrogen and oxygen atoms in total. The summed E-state index contributed by atoms with van der Waals surface area (Å²) in [6, 6.07) is 12.1. The number of hydrogen-bond donors (Lipinski definition) is 1. The normalized spacial score (nSPS) is 13.0. The van der Waals surface area contributed by atoms with Gasteiger partial charge in [-0.1, -0.05) is 42.5 Å². The molecule has 0 saturated carbocycles. The minimum atomic E-state index is -4.42. The lowest BCUT2D eigenvalue weighted by Crippen LogP contribution is -2.33. The van der Waals surface area contributed by atoms with Crippen LogP contribution in [0.1, 0.15) is 29.7 Å². The molecule has 2 rings (SSSR count). The van der Waals surface area contributed by atoms with Crippen molar-refractivity contribution in [2.24, 2.45) is 0 Å². The van der Waals surface area contributed by atoms with Gasteiger partial charge >= 0.3 is 12.1 Å². The average Bonchev–Trinajstić information content (AvgIpc) is 2.65. The lowest BCUT2D eigenvalue weighted by Gasteiger charge is -2.16. The fourth-order valence-corrected chi connectivity index (χ4v) is 2.43. The molecule has 0 heterocycles. The quantitative estimate of drug-likeness (QED) is 0.629. The fraction of sp³-hybridized carbons (Fsp3) is 0.200. The van der Waals surface area contributed by atoms with Crippen LogP contribution in [0.5, 0.6) is 0 Å². The molecular formula is C20H18F3NO3. The van der Waals surface area contributed by atoms with Gasteiger partial charge in [-0.2, -0.15) is 13.2 Å². The first-order chi connectivity index (χ1) is 12.7. The van der Waals surface area contributed by atoms with Gasteiger partial charge < -0.3 is 10.1 Å². The third-order valence-electron chi connectivity index (χ3n) is 3.87. The Morgan fingerprint density at radius 1 is 1.04 bits per heavy atom. The largest absolute Gasteiger partial charge is 0.467 e. The lowest BCUT2D eigenvalue weighted by molar-refractivity contribution is -0.144. The predicted octanol–water partition coefficient (Wildman–Crippen LogP) is 4.14. The number of allylic oxidation sites excluding steroid dienone is 1. The van der Waals surface area contributed by atoms with Gasteiger partial charge in [-0.05, 0) is 35.8 Å². The molecule has 0 aromatic heterocycles. The maximum Gasteiger partial charge on any atom is 0.416 e. The van der Waals surface area contributed by atoms with Crippen molar-refractivity contribution in [3.05, 3.63) is 77.4 Å². The minimum Gasteiger partial charge on any atom is -0.467 e. The first kappa shape index (κ1) is 20.2. The Morgan fingerprint density at radius 3 is 2.15 bits per heavy atom. The van der Waals surface area contributed by atoms with Gasteiger partial charge in [-0.25, -0.2) is 4.79 Å². The Morgan fingerprint density at radius 2 is 1.63 bits per heavy atom. The van der Waals surface area contributed by atoms with E-state index in [1.807, 2.05) is 0 Å². The molecule has 1 amide bonds. The van der Waals surface area contributed by atoms with Crippen molar-refractivity contribution in [2.75, 3.05) is 7.11 Å². The van der Waals surface area contributed by atoms with Crippen LogP contribution in [0.4, 0.5) is 13.2 Å². The molecule has 0 spiro atoms. The van der Waals surface area contributed by atoms with Crippen molar-refractivity contribution in [3.8, 4) is 0 Å². The number of carbonyl (C=O) groups is 2. The van der Waals surface area contributed by atoms with Crippen LogP contribution in [0.25, 0.3) is 5.57 Å². The highest BCUT2D eigenvalue weighted by Gasteiger charge is 2.30. The molecule has 142 valence electrons. The summed E-state index contributed by atoms with van der Waals surface area (Å²) in [6.07, 6.45) is -3.20. The van der Waals surface area contributed by atoms with Crippen molar-refractivity contribution in [2.45, 2.75) is 19.1 Å². The van der Waals surface area contributed by atoms with E-state index in [1.54, 1.807) is 37.3 Å². The van der Waals surface area contributed by atoms with Gasteiger partial charge in [0.1, 0.15) is 0 Å². The van der Waals surface area contributed by atoms with Crippen LogP contribution in [-0.4, -0.2) is 19.0 Å². The number of amides is 1. The SMILES string of the molecule is COC(=O)C(NC(=O)/C=C(/C)c1ccc(C(F)(F)F)cc1)c1ccccc1. The van der Waals surface area contributed by atoms with Crippen LogP contribution in [0, 0.1) is 0 Å². The average molecular weight is 377 g/mol. The van der Waals surface area contributed by atoms with Gasteiger partial charge in [0.2, 0.25) is 5.91 Å². The summed E-state index contributed by atoms with van der Waals surface area (Å²) in [5.74, 6) is -1.19. The number of hydrogen-bond acceptors (Lipinski definition) is 3. The minimum absolute atomic E-state index is 0.456. The zero-order valence-electron chi connectivity index (χ0n) is 14.7. The topological polar surface area (TPSA) is 55.4 Å². The number of esters is 1. The molecule has 2 aromatic rings. The van der Waals surface area contributed by atoms with E-state index >= 15 is 0 Å². The molecule has 0 radical (unpaired) electrons. The van der Waals surface area contributed by atoms with E-state index in [2.05, 4.69) is 5.32 Å². The number of benzene rings is 2. The Bertz CT molecular complexity index is 828. The van der Waals surface area contributed by atoms with Crippen LogP contribution in [0.2, 0.25) is 0 Å². The summed E-state index contributed by atoms with van der Waals surface area (Å²) in [7, 11) is 1.22. The molecule has 0 saturated heterocycles. The summed E-state index contributed by atoms with van der Waals surface area (Å²) in [5, 5.41) is 2.55. The zero-order valence-corrected chi connectivity index (χ0v) is 14.7. The molecule has 0 bridgehead atoms. The first-order valence-corrected chi connectivity index (χ1v) is 8.01. The Balaban J connectivity index is 2.17. The van der Waals surface area contributed by atoms with Crippen LogP contribution < -0.4 is 5.32 Å². The maximum absolute atomic E-state index is 12.6. The highest BCUT2D eigenvalue weighted by Crippen LogP contribution is 2.30. The van der Waals surface area contributed by atoms with Gasteiger partial charge in [-0.15, -0.1) is 0 Å². The molecule has 1 N–H and O–H groups in total. The summed E-state index contributed by atoms with van der Waals surface area (Å²) < 4.78 is 42.6. The van der Waals surface area contributed by atoms with Gasteiger partial charge in [0.05, 0.1) is 12.7 Å². The number of methoxy groups -OCH3 is 1. The fourth-order valence-electron chi connectivity index (χ4n) is 2.43. The third-order valence-corrected chi connectivity index (χ3v) is 3.87. The second-order valence-electron chi connectivity index (χ2n) is 5.78. The van der Waals surface area contributed by atoms with E-state index in [9.17, 15) is 22.8 Å². The van der Waals surface area contributed by atoms with Crippen molar-refractivity contribution in [1.29, 1.82) is 0 Å². The molecule has 2 aromatic carbocycles. The number of halogens is 3. The molecule has 0 aliphatic carbocycles. The monoisotopic (exact) mass is 377 g/mol. The molecule has 0 aliphatic heterocycles. The summed E-state index contributed by atoms with van der Waals surface area (Å²) in [6.45, 7) is 1.60. The highest BCUT2D eigenvalue weighted by atomic mass is 19.4. The first-order valence-electron chi connectivity index (χ1n) is 8.01.